The molecule has 0 aliphatic rings. The Balaban J connectivity index is 4.46. The molecule has 0 radical (unpaired) electrons. The van der Waals surface area contributed by atoms with E-state index in [4.69, 9.17) is 14.2 Å². The average Bonchev–Trinajstić information content (AvgIpc) is 3.37. The van der Waals surface area contributed by atoms with E-state index in [9.17, 15) is 14.4 Å². The Kier molecular flexibility index (Phi) is 56.3. The molecule has 0 fully saturated rings. The number of hydrogen-bond acceptors (Lipinski definition) is 6. The van der Waals surface area contributed by atoms with E-state index in [2.05, 4.69) is 99.8 Å². The van der Waals surface area contributed by atoms with Gasteiger partial charge in [0.25, 0.3) is 0 Å². The Morgan fingerprint density at radius 3 is 0.958 bits per heavy atom. The van der Waals surface area contributed by atoms with E-state index >= 15 is 0 Å². The predicted molar refractivity (Wildman–Crippen MR) is 307 cm³/mol. The summed E-state index contributed by atoms with van der Waals surface area (Å²) in [5, 5.41) is 0. The fourth-order valence-corrected chi connectivity index (χ4v) is 8.41. The van der Waals surface area contributed by atoms with Crippen LogP contribution < -0.4 is 0 Å². The Morgan fingerprint density at radius 2 is 0.577 bits per heavy atom. The lowest BCUT2D eigenvalue weighted by atomic mass is 10.0. The van der Waals surface area contributed by atoms with Crippen molar-refractivity contribution in [1.29, 1.82) is 0 Å². The highest BCUT2D eigenvalue weighted by Crippen LogP contribution is 2.16. The van der Waals surface area contributed by atoms with Crippen LogP contribution in [-0.4, -0.2) is 37.2 Å². The molecule has 71 heavy (non-hydrogen) atoms. The average molecular weight is 990 g/mol. The van der Waals surface area contributed by atoms with E-state index in [1.54, 1.807) is 0 Å². The number of allylic oxidation sites excluding steroid dienone is 14. The van der Waals surface area contributed by atoms with Crippen LogP contribution in [0.3, 0.4) is 0 Å². The van der Waals surface area contributed by atoms with E-state index in [1.807, 2.05) is 6.08 Å². The molecule has 408 valence electrons. The molecule has 0 N–H and O–H groups in total. The highest BCUT2D eigenvalue weighted by atomic mass is 16.6. The summed E-state index contributed by atoms with van der Waals surface area (Å²) in [5.74, 6) is -0.981. The van der Waals surface area contributed by atoms with Gasteiger partial charge in [0.2, 0.25) is 0 Å². The monoisotopic (exact) mass is 989 g/mol. The maximum Gasteiger partial charge on any atom is 0.306 e. The van der Waals surface area contributed by atoms with Crippen LogP contribution in [0.2, 0.25) is 0 Å². The van der Waals surface area contributed by atoms with Gasteiger partial charge < -0.3 is 14.2 Å². The molecule has 0 amide bonds. The van der Waals surface area contributed by atoms with E-state index < -0.39 is 6.10 Å². The minimum atomic E-state index is -0.808. The molecule has 0 bridgehead atoms. The first kappa shape index (κ1) is 67.6. The van der Waals surface area contributed by atoms with Gasteiger partial charge in [-0.1, -0.05) is 273 Å². The molecule has 0 heterocycles. The Hall–Kier alpha value is -3.41. The number of ether oxygens (including phenoxy) is 3. The van der Waals surface area contributed by atoms with Crippen LogP contribution in [-0.2, 0) is 28.6 Å². The van der Waals surface area contributed by atoms with Crippen molar-refractivity contribution in [2.24, 2.45) is 0 Å². The molecule has 0 aromatic rings. The SMILES string of the molecule is CC/C=C\C/C=C\C/C=C\C/C=C\C/C=C\C/C=C\CCC(=O)OC[C@H](COC(=O)CCCCCCCCC/C=C\CCCCCC)OC(=O)CCCCCCCCCCCCCCCCCCCCC. The van der Waals surface area contributed by atoms with Crippen molar-refractivity contribution in [3.63, 3.8) is 0 Å². The van der Waals surface area contributed by atoms with Gasteiger partial charge in [0.1, 0.15) is 13.2 Å². The molecule has 6 nitrogen and oxygen atoms in total. The fraction of sp³-hybridized carbons (Fsp3) is 0.738. The second-order valence-corrected chi connectivity index (χ2v) is 19.9. The van der Waals surface area contributed by atoms with Crippen molar-refractivity contribution in [3.8, 4) is 0 Å². The lowest BCUT2D eigenvalue weighted by molar-refractivity contribution is -0.166. The first-order chi connectivity index (χ1) is 35.0. The second kappa shape index (κ2) is 59.2. The molecule has 0 rings (SSSR count). The second-order valence-electron chi connectivity index (χ2n) is 19.9. The Labute approximate surface area is 439 Å². The van der Waals surface area contributed by atoms with E-state index in [0.717, 1.165) is 77.0 Å². The van der Waals surface area contributed by atoms with Gasteiger partial charge in [-0.3, -0.25) is 14.4 Å². The molecule has 0 aromatic carbocycles. The third-order valence-electron chi connectivity index (χ3n) is 12.9. The molecule has 6 heteroatoms. The Bertz CT molecular complexity index is 1370. The van der Waals surface area contributed by atoms with Crippen molar-refractivity contribution in [3.05, 3.63) is 85.1 Å². The third-order valence-corrected chi connectivity index (χ3v) is 12.9. The van der Waals surface area contributed by atoms with E-state index in [-0.39, 0.29) is 37.5 Å². The van der Waals surface area contributed by atoms with Gasteiger partial charge in [-0.25, -0.2) is 0 Å². The van der Waals surface area contributed by atoms with Gasteiger partial charge in [0, 0.05) is 19.3 Å². The zero-order valence-electron chi connectivity index (χ0n) is 46.7. The first-order valence-corrected chi connectivity index (χ1v) is 30.1. The summed E-state index contributed by atoms with van der Waals surface area (Å²) >= 11 is 0. The lowest BCUT2D eigenvalue weighted by Crippen LogP contribution is -2.30. The van der Waals surface area contributed by atoms with Crippen LogP contribution in [0.5, 0.6) is 0 Å². The number of carbonyl (C=O) groups excluding carboxylic acids is 3. The quantitative estimate of drug-likeness (QED) is 0.0261. The number of esters is 3. The molecule has 0 saturated carbocycles. The zero-order valence-corrected chi connectivity index (χ0v) is 46.7. The molecule has 0 aromatic heterocycles. The van der Waals surface area contributed by atoms with Crippen molar-refractivity contribution in [1.82, 2.24) is 0 Å². The molecule has 0 saturated heterocycles. The minimum Gasteiger partial charge on any atom is -0.462 e. The van der Waals surface area contributed by atoms with Gasteiger partial charge in [0.15, 0.2) is 6.10 Å². The molecular weight excluding hydrogens is 877 g/mol. The molecular formula is C65H112O6. The van der Waals surface area contributed by atoms with Gasteiger partial charge in [-0.15, -0.1) is 0 Å². The number of hydrogen-bond donors (Lipinski definition) is 0. The minimum absolute atomic E-state index is 0.0998. The van der Waals surface area contributed by atoms with Crippen LogP contribution in [0, 0.1) is 0 Å². The van der Waals surface area contributed by atoms with Crippen molar-refractivity contribution >= 4 is 17.9 Å². The highest BCUT2D eigenvalue weighted by molar-refractivity contribution is 5.71. The summed E-state index contributed by atoms with van der Waals surface area (Å²) in [6.45, 7) is 6.48. The van der Waals surface area contributed by atoms with Crippen LogP contribution in [0.25, 0.3) is 0 Å². The van der Waals surface area contributed by atoms with Crippen LogP contribution in [0.4, 0.5) is 0 Å². The van der Waals surface area contributed by atoms with Crippen LogP contribution >= 0.6 is 0 Å². The topological polar surface area (TPSA) is 78.9 Å². The third kappa shape index (κ3) is 57.4. The maximum atomic E-state index is 12.9. The van der Waals surface area contributed by atoms with Crippen molar-refractivity contribution < 1.29 is 28.6 Å². The number of unbranched alkanes of at least 4 members (excludes halogenated alkanes) is 29. The molecule has 0 aliphatic carbocycles. The predicted octanol–water partition coefficient (Wildman–Crippen LogP) is 20.3. The molecule has 0 aliphatic heterocycles. The van der Waals surface area contributed by atoms with E-state index in [0.29, 0.717) is 19.3 Å². The van der Waals surface area contributed by atoms with Gasteiger partial charge in [0.05, 0.1) is 0 Å². The van der Waals surface area contributed by atoms with Gasteiger partial charge in [-0.05, 0) is 83.5 Å². The standard InChI is InChI=1S/C65H112O6/c1-4-7-10-13-16-19-22-25-28-30-32-34-37-40-43-46-49-52-55-58-64(67)70-61-62(60-69-63(66)57-54-51-48-45-42-39-36-27-24-21-18-15-12-9-6-3)71-65(68)59-56-53-50-47-44-41-38-35-33-31-29-26-23-20-17-14-11-8-5-2/h7,10,16,19,21,24-25,28,32,34,40,43,49,52,62H,4-6,8-9,11-15,17-18,20,22-23,26-27,29-31,33,35-39,41-42,44-48,50-51,53-61H2,1-3H3/b10-7-,19-16-,24-21-,28-25-,34-32-,43-40-,52-49-/t62-/m0/s1. The molecule has 1 atom stereocenters. The fourth-order valence-electron chi connectivity index (χ4n) is 8.41. The Morgan fingerprint density at radius 1 is 0.296 bits per heavy atom. The number of carbonyl (C=O) groups is 3. The first-order valence-electron chi connectivity index (χ1n) is 30.1. The lowest BCUT2D eigenvalue weighted by Gasteiger charge is -2.18. The van der Waals surface area contributed by atoms with E-state index in [1.165, 1.54) is 167 Å². The van der Waals surface area contributed by atoms with Crippen molar-refractivity contribution in [2.45, 2.75) is 297 Å². The van der Waals surface area contributed by atoms with Crippen molar-refractivity contribution in [2.75, 3.05) is 13.2 Å². The maximum absolute atomic E-state index is 12.9. The summed E-state index contributed by atoms with van der Waals surface area (Å²) in [5.41, 5.74) is 0. The summed E-state index contributed by atoms with van der Waals surface area (Å²) in [6.07, 6.45) is 77.3. The summed E-state index contributed by atoms with van der Waals surface area (Å²) in [4.78, 5) is 38.2. The smallest absolute Gasteiger partial charge is 0.306 e. The van der Waals surface area contributed by atoms with Gasteiger partial charge in [-0.2, -0.15) is 0 Å². The molecule has 0 unspecified atom stereocenters. The summed E-state index contributed by atoms with van der Waals surface area (Å²) < 4.78 is 16.8. The number of rotatable bonds is 54. The zero-order chi connectivity index (χ0) is 51.4. The largest absolute Gasteiger partial charge is 0.462 e. The summed E-state index contributed by atoms with van der Waals surface area (Å²) in [6, 6.07) is 0. The normalized spacial score (nSPS) is 12.7. The van der Waals surface area contributed by atoms with Crippen LogP contribution in [0.15, 0.2) is 85.1 Å². The molecule has 0 spiro atoms. The van der Waals surface area contributed by atoms with Crippen LogP contribution in [0.1, 0.15) is 290 Å². The highest BCUT2D eigenvalue weighted by Gasteiger charge is 2.19. The summed E-state index contributed by atoms with van der Waals surface area (Å²) in [7, 11) is 0. The van der Waals surface area contributed by atoms with Gasteiger partial charge >= 0.3 is 17.9 Å².